The number of aromatic nitrogens is 6. The topological polar surface area (TPSA) is 130 Å². The smallest absolute Gasteiger partial charge is 0.167 e. The van der Waals surface area contributed by atoms with E-state index in [4.69, 9.17) is 47.6 Å². The zero-order valence-corrected chi connectivity index (χ0v) is 67.4. The van der Waals surface area contributed by atoms with Crippen molar-refractivity contribution in [2.45, 2.75) is 25.7 Å². The van der Waals surface area contributed by atoms with Crippen molar-refractivity contribution in [3.8, 4) is 135 Å². The first kappa shape index (κ1) is 73.9. The van der Waals surface area contributed by atoms with Crippen molar-refractivity contribution in [2.75, 3.05) is 0 Å². The Morgan fingerprint density at radius 1 is 0.164 bits per heavy atom. The second kappa shape index (κ2) is 28.4. The molecule has 0 bridgehead atoms. The minimum atomic E-state index is -0.645. The van der Waals surface area contributed by atoms with Crippen LogP contribution in [0.1, 0.15) is 59.4 Å². The Labute approximate surface area is 736 Å². The number of benzene rings is 18. The van der Waals surface area contributed by atoms with Gasteiger partial charge in [0.2, 0.25) is 0 Å². The van der Waals surface area contributed by atoms with E-state index in [0.717, 1.165) is 143 Å². The highest BCUT2D eigenvalue weighted by molar-refractivity contribution is 6.15. The van der Waals surface area contributed by atoms with E-state index in [1.807, 2.05) is 97.1 Å². The second-order valence-electron chi connectivity index (χ2n) is 33.1. The van der Waals surface area contributed by atoms with Crippen LogP contribution in [0.2, 0.25) is 0 Å². The Balaban J connectivity index is 0.000000137. The van der Waals surface area contributed by atoms with Gasteiger partial charge >= 0.3 is 0 Å². The standard InChI is InChI=1S/2C58H33N3O2.2CH4/c1-2-16-36-35(15-1)37-17-3-8-25-46(37)58(47-26-9-4-18-38(36)47)48-27-10-5-21-42(48)53-43(23-14-28-49(53)58)56-59-55(34-31-32-52-45(33-34)40-20-7-11-29-50(40)62-52)60-57(61-56)44-24-13-22-41-39-19-6-12-30-51(39)63-54(41)44;1-2-17-35-34(16-1)36-18-3-8-27-45(36)58(46-28-9-4-19-37(35)46)47-29-10-5-21-40(47)52-42(24-14-30-48(52)58)55-59-56(43-25-15-33-51-53(43)41-22-7-12-32-50(41)62-51)61-57(60-55)44-26-13-23-39-38-20-6-11-31-49(38)63-54(39)44;;/h2*1-33H;2*1H4. The van der Waals surface area contributed by atoms with Gasteiger partial charge in [0.1, 0.15) is 44.7 Å². The Morgan fingerprint density at radius 3 is 0.859 bits per heavy atom. The second-order valence-corrected chi connectivity index (χ2v) is 33.1. The van der Waals surface area contributed by atoms with E-state index >= 15 is 0 Å². The molecule has 2 spiro atoms. The van der Waals surface area contributed by atoms with Crippen molar-refractivity contribution in [1.82, 2.24) is 29.9 Å². The lowest BCUT2D eigenvalue weighted by Gasteiger charge is -2.35. The Hall–Kier alpha value is -16.8. The van der Waals surface area contributed by atoms with Gasteiger partial charge in [-0.1, -0.05) is 355 Å². The third kappa shape index (κ3) is 10.4. The van der Waals surface area contributed by atoms with Crippen LogP contribution >= 0.6 is 0 Å². The highest BCUT2D eigenvalue weighted by Gasteiger charge is 2.53. The van der Waals surface area contributed by atoms with Crippen molar-refractivity contribution >= 4 is 87.8 Å². The maximum atomic E-state index is 6.63. The summed E-state index contributed by atoms with van der Waals surface area (Å²) in [7, 11) is 0. The van der Waals surface area contributed by atoms with Crippen LogP contribution in [0.3, 0.4) is 0 Å². The zero-order valence-electron chi connectivity index (χ0n) is 67.4. The van der Waals surface area contributed by atoms with Crippen LogP contribution < -0.4 is 0 Å². The van der Waals surface area contributed by atoms with E-state index in [0.29, 0.717) is 34.9 Å². The number of hydrogen-bond acceptors (Lipinski definition) is 10. The molecule has 6 aromatic heterocycles. The van der Waals surface area contributed by atoms with E-state index < -0.39 is 10.8 Å². The summed E-state index contributed by atoms with van der Waals surface area (Å²) in [6, 6.07) is 142. The predicted octanol–water partition coefficient (Wildman–Crippen LogP) is 30.6. The molecule has 0 saturated carbocycles. The first-order valence-corrected chi connectivity index (χ1v) is 42.7. The summed E-state index contributed by atoms with van der Waals surface area (Å²) in [5.74, 6) is 3.35. The molecule has 128 heavy (non-hydrogen) atoms. The van der Waals surface area contributed by atoms with Crippen LogP contribution in [-0.2, 0) is 10.8 Å². The summed E-state index contributed by atoms with van der Waals surface area (Å²) >= 11 is 0. The monoisotopic (exact) mass is 1640 g/mol. The lowest BCUT2D eigenvalue weighted by molar-refractivity contribution is 0.668. The van der Waals surface area contributed by atoms with Crippen molar-refractivity contribution in [1.29, 1.82) is 0 Å². The third-order valence-corrected chi connectivity index (χ3v) is 26.8. The van der Waals surface area contributed by atoms with Gasteiger partial charge in [-0.15, -0.1) is 0 Å². The van der Waals surface area contributed by atoms with Crippen molar-refractivity contribution in [2.24, 2.45) is 0 Å². The molecule has 0 amide bonds. The van der Waals surface area contributed by atoms with E-state index in [1.54, 1.807) is 0 Å². The summed E-state index contributed by atoms with van der Waals surface area (Å²) in [4.78, 5) is 32.5. The summed E-state index contributed by atoms with van der Waals surface area (Å²) in [5.41, 5.74) is 34.5. The molecule has 4 aliphatic carbocycles. The molecule has 10 nitrogen and oxygen atoms in total. The molecule has 0 aliphatic heterocycles. The van der Waals surface area contributed by atoms with Crippen LogP contribution in [0.5, 0.6) is 0 Å². The molecule has 0 fully saturated rings. The first-order chi connectivity index (χ1) is 62.5. The van der Waals surface area contributed by atoms with Crippen molar-refractivity contribution < 1.29 is 17.7 Å². The van der Waals surface area contributed by atoms with Gasteiger partial charge in [0.15, 0.2) is 34.9 Å². The lowest BCUT2D eigenvalue weighted by atomic mass is 9.66. The highest BCUT2D eigenvalue weighted by Crippen LogP contribution is 2.65. The molecule has 10 heteroatoms. The highest BCUT2D eigenvalue weighted by atomic mass is 16.3. The minimum absolute atomic E-state index is 0. The molecule has 18 aromatic carbocycles. The molecule has 0 unspecified atom stereocenters. The number of para-hydroxylation sites is 6. The number of furan rings is 4. The van der Waals surface area contributed by atoms with E-state index in [9.17, 15) is 0 Å². The summed E-state index contributed by atoms with van der Waals surface area (Å²) in [6.07, 6.45) is 0. The summed E-state index contributed by atoms with van der Waals surface area (Å²) in [6.45, 7) is 0. The zero-order chi connectivity index (χ0) is 82.5. The van der Waals surface area contributed by atoms with Gasteiger partial charge in [-0.05, 0) is 172 Å². The minimum Gasteiger partial charge on any atom is -0.456 e. The molecule has 24 aromatic rings. The number of nitrogens with zero attached hydrogens (tertiary/aromatic N) is 6. The fraction of sp³-hybridized carbons (Fsp3) is 0.0339. The van der Waals surface area contributed by atoms with Gasteiger partial charge in [0.25, 0.3) is 0 Å². The summed E-state index contributed by atoms with van der Waals surface area (Å²) in [5, 5.41) is 8.15. The van der Waals surface area contributed by atoms with Crippen LogP contribution in [0.4, 0.5) is 0 Å². The van der Waals surface area contributed by atoms with Crippen LogP contribution in [0.15, 0.2) is 418 Å². The Bertz CT molecular complexity index is 8670. The molecular weight excluding hydrogens is 1570 g/mol. The molecule has 0 N–H and O–H groups in total. The van der Waals surface area contributed by atoms with E-state index in [1.165, 1.54) is 89.0 Å². The molecule has 0 saturated heterocycles. The van der Waals surface area contributed by atoms with E-state index in [2.05, 4.69) is 303 Å². The maximum absolute atomic E-state index is 6.63. The normalized spacial score (nSPS) is 13.0. The molecule has 4 aliphatic rings. The van der Waals surface area contributed by atoms with Gasteiger partial charge < -0.3 is 17.7 Å². The first-order valence-electron chi connectivity index (χ1n) is 42.7. The molecule has 6 heterocycles. The molecule has 0 atom stereocenters. The Kier molecular flexibility index (Phi) is 16.4. The third-order valence-electron chi connectivity index (χ3n) is 26.8. The molecular formula is C118H74N6O4. The fourth-order valence-corrected chi connectivity index (χ4v) is 21.7. The number of rotatable bonds is 6. The Morgan fingerprint density at radius 2 is 0.422 bits per heavy atom. The average Bonchev–Trinajstić information content (AvgIpc) is 1.51. The van der Waals surface area contributed by atoms with Crippen LogP contribution in [0, 0.1) is 0 Å². The van der Waals surface area contributed by atoms with Gasteiger partial charge in [-0.25, -0.2) is 29.9 Å². The largest absolute Gasteiger partial charge is 0.456 e. The molecule has 600 valence electrons. The number of fused-ring (bicyclic) bond motifs is 36. The maximum Gasteiger partial charge on any atom is 0.167 e. The SMILES string of the molecule is C.C.c1ccc2c(c1)-c1ccccc1C1(c3ccccc3-2)c2ccccc2-c2c(-c3nc(-c4ccc5oc6ccccc6c5c4)nc(-c4cccc5c4oc4ccccc45)n3)cccc21.c1ccc2c(c1)-c1ccccc1C1(c3ccccc3-2)c2ccccc2-c2c(-c3nc(-c4cccc5c4oc4ccccc45)nc(-c4cccc5oc6ccccc6c45)n3)cccc21. The molecule has 0 radical (unpaired) electrons. The van der Waals surface area contributed by atoms with Gasteiger partial charge in [0.05, 0.1) is 22.0 Å². The van der Waals surface area contributed by atoms with Crippen molar-refractivity contribution in [3.05, 3.63) is 445 Å². The summed E-state index contributed by atoms with van der Waals surface area (Å²) < 4.78 is 25.9. The average molecular weight is 1640 g/mol. The lowest BCUT2D eigenvalue weighted by Crippen LogP contribution is -2.29. The van der Waals surface area contributed by atoms with Crippen LogP contribution in [0.25, 0.3) is 223 Å². The fourth-order valence-electron chi connectivity index (χ4n) is 21.7. The molecule has 28 rings (SSSR count). The van der Waals surface area contributed by atoms with Crippen molar-refractivity contribution in [3.63, 3.8) is 0 Å². The van der Waals surface area contributed by atoms with Gasteiger partial charge in [-0.3, -0.25) is 0 Å². The van der Waals surface area contributed by atoms with Gasteiger partial charge in [0, 0.05) is 65.3 Å². The van der Waals surface area contributed by atoms with Gasteiger partial charge in [-0.2, -0.15) is 0 Å². The quantitative estimate of drug-likeness (QED) is 0.159. The number of hydrogen-bond donors (Lipinski definition) is 0. The van der Waals surface area contributed by atoms with E-state index in [-0.39, 0.29) is 14.9 Å². The van der Waals surface area contributed by atoms with Crippen LogP contribution in [-0.4, -0.2) is 29.9 Å². The predicted molar refractivity (Wildman–Crippen MR) is 518 cm³/mol.